The van der Waals surface area contributed by atoms with E-state index in [1.165, 1.54) is 0 Å². The lowest BCUT2D eigenvalue weighted by Gasteiger charge is -2.26. The zero-order valence-electron chi connectivity index (χ0n) is 23.7. The maximum atomic E-state index is 13.3. The number of hydrogen-bond acceptors (Lipinski definition) is 5. The molecule has 0 heterocycles. The Morgan fingerprint density at radius 2 is 1.44 bits per heavy atom. The number of fused-ring (bicyclic) bond motifs is 3. The summed E-state index contributed by atoms with van der Waals surface area (Å²) in [6.07, 6.45) is -1.05. The Kier molecular flexibility index (Phi) is 10.1. The lowest BCUT2D eigenvalue weighted by atomic mass is 9.97. The van der Waals surface area contributed by atoms with Gasteiger partial charge in [0, 0.05) is 12.5 Å². The van der Waals surface area contributed by atoms with Crippen molar-refractivity contribution in [2.24, 2.45) is 11.8 Å². The first-order valence-corrected chi connectivity index (χ1v) is 14.0. The Hall–Kier alpha value is -4.17. The molecule has 0 fully saturated rings. The summed E-state index contributed by atoms with van der Waals surface area (Å²) in [5.74, 6) is -2.23. The number of aliphatic carboxylic acids is 1. The highest BCUT2D eigenvalue weighted by atomic mass is 16.5. The molecule has 3 atom stereocenters. The molecule has 3 aromatic rings. The second kappa shape index (κ2) is 13.9. The van der Waals surface area contributed by atoms with E-state index in [4.69, 9.17) is 9.47 Å². The van der Waals surface area contributed by atoms with E-state index >= 15 is 0 Å². The van der Waals surface area contributed by atoms with Gasteiger partial charge < -0.3 is 25.2 Å². The van der Waals surface area contributed by atoms with Crippen molar-refractivity contribution in [2.75, 3.05) is 13.2 Å². The van der Waals surface area contributed by atoms with Gasteiger partial charge in [0.2, 0.25) is 5.91 Å². The highest BCUT2D eigenvalue weighted by Gasteiger charge is 2.32. The van der Waals surface area contributed by atoms with Crippen LogP contribution in [0.4, 0.5) is 4.79 Å². The van der Waals surface area contributed by atoms with E-state index in [1.54, 1.807) is 6.92 Å². The third-order valence-electron chi connectivity index (χ3n) is 7.35. The molecular weight excluding hydrogens is 520 g/mol. The molecule has 2 amide bonds. The summed E-state index contributed by atoms with van der Waals surface area (Å²) >= 11 is 0. The van der Waals surface area contributed by atoms with Gasteiger partial charge in [-0.3, -0.25) is 9.59 Å². The summed E-state index contributed by atoms with van der Waals surface area (Å²) in [6.45, 7) is 5.84. The van der Waals surface area contributed by atoms with Crippen LogP contribution in [0, 0.1) is 11.8 Å². The zero-order chi connectivity index (χ0) is 29.4. The minimum atomic E-state index is -1.09. The molecule has 1 aliphatic carbocycles. The maximum Gasteiger partial charge on any atom is 0.407 e. The smallest absolute Gasteiger partial charge is 0.407 e. The van der Waals surface area contributed by atoms with Crippen LogP contribution in [0.5, 0.6) is 0 Å². The van der Waals surface area contributed by atoms with Gasteiger partial charge in [-0.05, 0) is 47.1 Å². The minimum Gasteiger partial charge on any atom is -0.481 e. The van der Waals surface area contributed by atoms with Crippen molar-refractivity contribution in [3.8, 4) is 11.1 Å². The summed E-state index contributed by atoms with van der Waals surface area (Å²) in [7, 11) is 0. The molecule has 0 bridgehead atoms. The predicted molar refractivity (Wildman–Crippen MR) is 156 cm³/mol. The van der Waals surface area contributed by atoms with E-state index in [0.29, 0.717) is 6.42 Å². The molecule has 4 rings (SSSR count). The molecule has 8 heteroatoms. The normalized spacial score (nSPS) is 14.4. The molecule has 0 saturated heterocycles. The van der Waals surface area contributed by atoms with Crippen LogP contribution in [0.25, 0.3) is 11.1 Å². The molecule has 3 unspecified atom stereocenters. The largest absolute Gasteiger partial charge is 0.481 e. The second-order valence-corrected chi connectivity index (χ2v) is 10.9. The highest BCUT2D eigenvalue weighted by molar-refractivity contribution is 5.86. The summed E-state index contributed by atoms with van der Waals surface area (Å²) in [5.41, 5.74) is 5.32. The number of amides is 2. The van der Waals surface area contributed by atoms with Gasteiger partial charge in [0.1, 0.15) is 12.6 Å². The van der Waals surface area contributed by atoms with Crippen molar-refractivity contribution in [3.63, 3.8) is 0 Å². The Bertz CT molecular complexity index is 1300. The molecule has 216 valence electrons. The van der Waals surface area contributed by atoms with Crippen LogP contribution in [0.3, 0.4) is 0 Å². The van der Waals surface area contributed by atoms with E-state index in [1.807, 2.05) is 80.6 Å². The number of carboxylic acids is 1. The standard InChI is InChI=1S/C33H38N2O6/c1-21(2)17-24(32(37)38)18-34-31(36)30(22(3)40-19-23-11-5-4-6-12-23)35-33(39)41-20-29-27-15-9-7-13-25(27)26-14-8-10-16-28(26)29/h4-16,21-22,24,29-30H,17-20H2,1-3H3,(H,34,36)(H,35,39)(H,37,38). The average Bonchev–Trinajstić information content (AvgIpc) is 3.29. The SMILES string of the molecule is CC(C)CC(CNC(=O)C(NC(=O)OCC1c2ccccc2-c2ccccc21)C(C)OCc1ccccc1)C(=O)O. The summed E-state index contributed by atoms with van der Waals surface area (Å²) in [5, 5.41) is 15.0. The number of alkyl carbamates (subject to hydrolysis) is 1. The molecule has 3 N–H and O–H groups in total. The number of carboxylic acid groups (broad SMARTS) is 1. The first kappa shape index (κ1) is 29.8. The quantitative estimate of drug-likeness (QED) is 0.260. The van der Waals surface area contributed by atoms with Crippen LogP contribution in [0.1, 0.15) is 49.8 Å². The average molecular weight is 559 g/mol. The third kappa shape index (κ3) is 7.73. The van der Waals surface area contributed by atoms with E-state index < -0.39 is 36.0 Å². The predicted octanol–water partition coefficient (Wildman–Crippen LogP) is 5.36. The molecule has 3 aromatic carbocycles. The number of hydrogen-bond donors (Lipinski definition) is 3. The van der Waals surface area contributed by atoms with Crippen LogP contribution in [-0.4, -0.2) is 48.4 Å². The first-order chi connectivity index (χ1) is 19.7. The number of ether oxygens (including phenoxy) is 2. The molecule has 1 aliphatic rings. The fraction of sp³-hybridized carbons (Fsp3) is 0.364. The fourth-order valence-electron chi connectivity index (χ4n) is 5.24. The van der Waals surface area contributed by atoms with Gasteiger partial charge in [0.05, 0.1) is 18.6 Å². The van der Waals surface area contributed by atoms with Crippen molar-refractivity contribution < 1.29 is 29.0 Å². The maximum absolute atomic E-state index is 13.3. The number of carbonyl (C=O) groups is 3. The van der Waals surface area contributed by atoms with Crippen molar-refractivity contribution in [1.29, 1.82) is 0 Å². The molecule has 0 aliphatic heterocycles. The van der Waals surface area contributed by atoms with Crippen LogP contribution in [0.15, 0.2) is 78.9 Å². The van der Waals surface area contributed by atoms with Crippen molar-refractivity contribution >= 4 is 18.0 Å². The molecular formula is C33H38N2O6. The Labute approximate surface area is 241 Å². The Morgan fingerprint density at radius 1 is 0.854 bits per heavy atom. The van der Waals surface area contributed by atoms with Gasteiger partial charge in [0.15, 0.2) is 0 Å². The van der Waals surface area contributed by atoms with E-state index in [9.17, 15) is 19.5 Å². The summed E-state index contributed by atoms with van der Waals surface area (Å²) < 4.78 is 11.6. The number of benzene rings is 3. The van der Waals surface area contributed by atoms with Gasteiger partial charge in [0.25, 0.3) is 0 Å². The van der Waals surface area contributed by atoms with E-state index in [0.717, 1.165) is 27.8 Å². The van der Waals surface area contributed by atoms with Crippen LogP contribution in [-0.2, 0) is 25.7 Å². The van der Waals surface area contributed by atoms with Crippen molar-refractivity contribution in [3.05, 3.63) is 95.6 Å². The minimum absolute atomic E-state index is 0.0549. The molecule has 0 saturated carbocycles. The summed E-state index contributed by atoms with van der Waals surface area (Å²) in [6, 6.07) is 24.5. The van der Waals surface area contributed by atoms with E-state index in [-0.39, 0.29) is 31.6 Å². The van der Waals surface area contributed by atoms with Crippen LogP contribution < -0.4 is 10.6 Å². The van der Waals surface area contributed by atoms with E-state index in [2.05, 4.69) is 22.8 Å². The topological polar surface area (TPSA) is 114 Å². The van der Waals surface area contributed by atoms with Gasteiger partial charge in [-0.25, -0.2) is 4.79 Å². The summed E-state index contributed by atoms with van der Waals surface area (Å²) in [4.78, 5) is 38.0. The second-order valence-electron chi connectivity index (χ2n) is 10.9. The molecule has 0 spiro atoms. The lowest BCUT2D eigenvalue weighted by Crippen LogP contribution is -2.54. The van der Waals surface area contributed by atoms with Crippen LogP contribution >= 0.6 is 0 Å². The number of carbonyl (C=O) groups excluding carboxylic acids is 2. The van der Waals surface area contributed by atoms with Gasteiger partial charge >= 0.3 is 12.1 Å². The fourth-order valence-corrected chi connectivity index (χ4v) is 5.24. The number of nitrogens with one attached hydrogen (secondary N) is 2. The molecule has 0 radical (unpaired) electrons. The molecule has 41 heavy (non-hydrogen) atoms. The highest BCUT2D eigenvalue weighted by Crippen LogP contribution is 2.44. The molecule has 0 aromatic heterocycles. The van der Waals surface area contributed by atoms with Gasteiger partial charge in [-0.1, -0.05) is 92.7 Å². The van der Waals surface area contributed by atoms with Crippen LogP contribution in [0.2, 0.25) is 0 Å². The zero-order valence-corrected chi connectivity index (χ0v) is 23.7. The number of rotatable bonds is 13. The van der Waals surface area contributed by atoms with Gasteiger partial charge in [-0.15, -0.1) is 0 Å². The Balaban J connectivity index is 1.43. The first-order valence-electron chi connectivity index (χ1n) is 14.0. The van der Waals surface area contributed by atoms with Crippen molar-refractivity contribution in [2.45, 2.75) is 51.9 Å². The monoisotopic (exact) mass is 558 g/mol. The lowest BCUT2D eigenvalue weighted by molar-refractivity contribution is -0.142. The third-order valence-corrected chi connectivity index (χ3v) is 7.35. The Morgan fingerprint density at radius 3 is 2.02 bits per heavy atom. The van der Waals surface area contributed by atoms with Gasteiger partial charge in [-0.2, -0.15) is 0 Å². The molecule has 8 nitrogen and oxygen atoms in total. The van der Waals surface area contributed by atoms with Crippen molar-refractivity contribution in [1.82, 2.24) is 10.6 Å².